The van der Waals surface area contributed by atoms with E-state index in [1.54, 1.807) is 0 Å². The van der Waals surface area contributed by atoms with Crippen LogP contribution in [0.4, 0.5) is 10.3 Å². The lowest BCUT2D eigenvalue weighted by atomic mass is 10.3. The smallest absolute Gasteiger partial charge is 0.225 e. The molecule has 0 bridgehead atoms. The van der Waals surface area contributed by atoms with Gasteiger partial charge >= 0.3 is 0 Å². The number of halogens is 2. The summed E-state index contributed by atoms with van der Waals surface area (Å²) in [5, 5.41) is 0.185. The number of ether oxygens (including phenoxy) is 1. The first kappa shape index (κ1) is 10.6. The van der Waals surface area contributed by atoms with E-state index in [4.69, 9.17) is 22.1 Å². The van der Waals surface area contributed by atoms with Crippen molar-refractivity contribution >= 4 is 17.5 Å². The van der Waals surface area contributed by atoms with E-state index in [-0.39, 0.29) is 22.8 Å². The van der Waals surface area contributed by atoms with E-state index < -0.39 is 0 Å². The first-order chi connectivity index (χ1) is 7.63. The zero-order valence-corrected chi connectivity index (χ0v) is 8.78. The Balaban J connectivity index is 2.23. The third-order valence-electron chi connectivity index (χ3n) is 1.72. The predicted octanol–water partition coefficient (Wildman–Crippen LogP) is 2.64. The van der Waals surface area contributed by atoms with Gasteiger partial charge in [0.1, 0.15) is 16.7 Å². The summed E-state index contributed by atoms with van der Waals surface area (Å²) in [6, 6.07) is 6.92. The number of nitrogens with two attached hydrogens (primary N) is 1. The molecule has 2 N–H and O–H groups in total. The maximum absolute atomic E-state index is 12.6. The van der Waals surface area contributed by atoms with E-state index in [2.05, 4.69) is 9.97 Å². The number of aromatic nitrogens is 2. The van der Waals surface area contributed by atoms with Gasteiger partial charge in [0.05, 0.1) is 0 Å². The van der Waals surface area contributed by atoms with Crippen LogP contribution in [0.5, 0.6) is 11.6 Å². The summed E-state index contributed by atoms with van der Waals surface area (Å²) in [4.78, 5) is 7.50. The van der Waals surface area contributed by atoms with Gasteiger partial charge in [-0.2, -0.15) is 4.98 Å². The summed E-state index contributed by atoms with van der Waals surface area (Å²) in [7, 11) is 0. The zero-order valence-electron chi connectivity index (χ0n) is 8.02. The fraction of sp³-hybridized carbons (Fsp3) is 0. The second-order valence-corrected chi connectivity index (χ2v) is 3.33. The number of hydrogen-bond donors (Lipinski definition) is 1. The summed E-state index contributed by atoms with van der Waals surface area (Å²) in [6.07, 6.45) is 0. The van der Waals surface area contributed by atoms with E-state index >= 15 is 0 Å². The summed E-state index contributed by atoms with van der Waals surface area (Å²) < 4.78 is 17.9. The Morgan fingerprint density at radius 3 is 2.50 bits per heavy atom. The van der Waals surface area contributed by atoms with Crippen LogP contribution in [0.25, 0.3) is 0 Å². The predicted molar refractivity (Wildman–Crippen MR) is 57.9 cm³/mol. The van der Waals surface area contributed by atoms with Crippen LogP contribution in [0.15, 0.2) is 30.3 Å². The molecule has 4 nitrogen and oxygen atoms in total. The van der Waals surface area contributed by atoms with Crippen LogP contribution in [-0.4, -0.2) is 9.97 Å². The molecule has 1 aromatic heterocycles. The van der Waals surface area contributed by atoms with E-state index in [1.165, 1.54) is 30.3 Å². The van der Waals surface area contributed by atoms with E-state index in [1.807, 2.05) is 0 Å². The second kappa shape index (κ2) is 4.32. The molecule has 0 saturated heterocycles. The number of hydrogen-bond acceptors (Lipinski definition) is 4. The normalized spacial score (nSPS) is 10.1. The van der Waals surface area contributed by atoms with Crippen molar-refractivity contribution in [3.63, 3.8) is 0 Å². The first-order valence-corrected chi connectivity index (χ1v) is 4.75. The van der Waals surface area contributed by atoms with Crippen molar-refractivity contribution < 1.29 is 9.13 Å². The van der Waals surface area contributed by atoms with Crippen molar-refractivity contribution in [2.24, 2.45) is 0 Å². The highest BCUT2D eigenvalue weighted by molar-refractivity contribution is 6.29. The van der Waals surface area contributed by atoms with Gasteiger partial charge in [0.15, 0.2) is 0 Å². The number of anilines is 1. The molecule has 1 heterocycles. The summed E-state index contributed by atoms with van der Waals surface area (Å²) in [6.45, 7) is 0. The Morgan fingerprint density at radius 2 is 1.88 bits per heavy atom. The lowest BCUT2D eigenvalue weighted by molar-refractivity contribution is 0.461. The number of nitrogens with zero attached hydrogens (tertiary/aromatic N) is 2. The molecule has 6 heteroatoms. The molecule has 2 rings (SSSR count). The van der Waals surface area contributed by atoms with Crippen molar-refractivity contribution in [1.82, 2.24) is 9.97 Å². The monoisotopic (exact) mass is 239 g/mol. The minimum absolute atomic E-state index is 0.0182. The third kappa shape index (κ3) is 2.58. The molecule has 0 unspecified atom stereocenters. The van der Waals surface area contributed by atoms with Crippen LogP contribution in [0.3, 0.4) is 0 Å². The summed E-state index contributed by atoms with van der Waals surface area (Å²) in [5.41, 5.74) is 5.39. The Morgan fingerprint density at radius 1 is 1.19 bits per heavy atom. The molecular weight excluding hydrogens is 233 g/mol. The average molecular weight is 240 g/mol. The number of nitrogen functional groups attached to an aromatic ring is 1. The lowest BCUT2D eigenvalue weighted by Crippen LogP contribution is -1.97. The third-order valence-corrected chi connectivity index (χ3v) is 1.92. The Bertz CT molecular complexity index is 484. The van der Waals surface area contributed by atoms with Gasteiger partial charge in [0, 0.05) is 6.07 Å². The molecule has 1 aromatic carbocycles. The van der Waals surface area contributed by atoms with Gasteiger partial charge in [0.2, 0.25) is 11.8 Å². The van der Waals surface area contributed by atoms with E-state index in [9.17, 15) is 4.39 Å². The fourth-order valence-electron chi connectivity index (χ4n) is 1.09. The molecule has 82 valence electrons. The molecular formula is C10H7ClFN3O. The average Bonchev–Trinajstić information content (AvgIpc) is 2.20. The number of rotatable bonds is 2. The van der Waals surface area contributed by atoms with E-state index in [0.717, 1.165) is 0 Å². The number of benzene rings is 1. The van der Waals surface area contributed by atoms with Crippen molar-refractivity contribution in [3.05, 3.63) is 41.3 Å². The standard InChI is InChI=1S/C10H7ClFN3O/c11-8-5-9(15-10(13)14-8)16-7-3-1-6(12)2-4-7/h1-5H,(H2,13,14,15). The van der Waals surface area contributed by atoms with Crippen LogP contribution in [-0.2, 0) is 0 Å². The van der Waals surface area contributed by atoms with Gasteiger partial charge in [-0.15, -0.1) is 0 Å². The van der Waals surface area contributed by atoms with Gasteiger partial charge in [-0.1, -0.05) is 11.6 Å². The SMILES string of the molecule is Nc1nc(Cl)cc(Oc2ccc(F)cc2)n1. The van der Waals surface area contributed by atoms with Crippen LogP contribution in [0.2, 0.25) is 5.15 Å². The zero-order chi connectivity index (χ0) is 11.5. The molecule has 0 aliphatic heterocycles. The minimum Gasteiger partial charge on any atom is -0.439 e. The highest BCUT2D eigenvalue weighted by atomic mass is 35.5. The van der Waals surface area contributed by atoms with Crippen LogP contribution in [0.1, 0.15) is 0 Å². The topological polar surface area (TPSA) is 61.0 Å². The minimum atomic E-state index is -0.340. The molecule has 0 amide bonds. The summed E-state index contributed by atoms with van der Waals surface area (Å²) >= 11 is 5.67. The molecule has 0 saturated carbocycles. The highest BCUT2D eigenvalue weighted by Crippen LogP contribution is 2.22. The largest absolute Gasteiger partial charge is 0.439 e. The lowest BCUT2D eigenvalue weighted by Gasteiger charge is -2.04. The maximum Gasteiger partial charge on any atom is 0.225 e. The van der Waals surface area contributed by atoms with Gasteiger partial charge in [-0.3, -0.25) is 0 Å². The van der Waals surface area contributed by atoms with Crippen LogP contribution in [0, 0.1) is 5.82 Å². The fourth-order valence-corrected chi connectivity index (χ4v) is 1.27. The Kier molecular flexibility index (Phi) is 2.87. The van der Waals surface area contributed by atoms with Crippen LogP contribution < -0.4 is 10.5 Å². The van der Waals surface area contributed by atoms with Crippen molar-refractivity contribution in [2.45, 2.75) is 0 Å². The maximum atomic E-state index is 12.6. The highest BCUT2D eigenvalue weighted by Gasteiger charge is 2.03. The van der Waals surface area contributed by atoms with Crippen LogP contribution >= 0.6 is 11.6 Å². The van der Waals surface area contributed by atoms with Crippen molar-refractivity contribution in [1.29, 1.82) is 0 Å². The van der Waals surface area contributed by atoms with Gasteiger partial charge in [-0.25, -0.2) is 9.37 Å². The molecule has 0 atom stereocenters. The van der Waals surface area contributed by atoms with Crippen molar-refractivity contribution in [3.8, 4) is 11.6 Å². The molecule has 0 radical (unpaired) electrons. The first-order valence-electron chi connectivity index (χ1n) is 4.37. The Labute approximate surface area is 95.9 Å². The molecule has 0 aliphatic rings. The van der Waals surface area contributed by atoms with Gasteiger partial charge in [-0.05, 0) is 24.3 Å². The quantitative estimate of drug-likeness (QED) is 0.819. The Hall–Kier alpha value is -1.88. The van der Waals surface area contributed by atoms with Gasteiger partial charge in [0.25, 0.3) is 0 Å². The van der Waals surface area contributed by atoms with E-state index in [0.29, 0.717) is 5.75 Å². The summed E-state index contributed by atoms with van der Waals surface area (Å²) in [5.74, 6) is 0.330. The molecule has 2 aromatic rings. The van der Waals surface area contributed by atoms with Crippen molar-refractivity contribution in [2.75, 3.05) is 5.73 Å². The van der Waals surface area contributed by atoms with Gasteiger partial charge < -0.3 is 10.5 Å². The molecule has 0 aliphatic carbocycles. The molecule has 0 spiro atoms. The second-order valence-electron chi connectivity index (χ2n) is 2.94. The molecule has 16 heavy (non-hydrogen) atoms. The molecule has 0 fully saturated rings.